The number of aromatic nitrogens is 4. The van der Waals surface area contributed by atoms with Gasteiger partial charge in [-0.05, 0) is 11.4 Å². The molecule has 0 saturated carbocycles. The van der Waals surface area contributed by atoms with Gasteiger partial charge in [-0.1, -0.05) is 19.9 Å². The average molecular weight is 514 g/mol. The number of nitrogens with zero attached hydrogens (tertiary/aromatic N) is 5. The van der Waals surface area contributed by atoms with Crippen LogP contribution in [0.2, 0.25) is 0 Å². The topological polar surface area (TPSA) is 92.1 Å². The molecule has 0 atom stereocenters. The smallest absolute Gasteiger partial charge is 0.191 e. The molecule has 0 aliphatic carbocycles. The van der Waals surface area contributed by atoms with Gasteiger partial charge in [0.05, 0.1) is 11.6 Å². The third kappa shape index (κ3) is 5.31. The number of anilines is 1. The van der Waals surface area contributed by atoms with Crippen molar-refractivity contribution < 1.29 is 0 Å². The van der Waals surface area contributed by atoms with Crippen LogP contribution in [0.5, 0.6) is 0 Å². The minimum atomic E-state index is 0. The van der Waals surface area contributed by atoms with Crippen LogP contribution in [0, 0.1) is 0 Å². The minimum absolute atomic E-state index is 0. The Morgan fingerprint density at radius 2 is 2.07 bits per heavy atom. The van der Waals surface area contributed by atoms with E-state index in [0.717, 1.165) is 29.4 Å². The fraction of sp³-hybridized carbons (Fsp3) is 0.444. The zero-order valence-corrected chi connectivity index (χ0v) is 19.7. The summed E-state index contributed by atoms with van der Waals surface area (Å²) in [6, 6.07) is 4.26. The van der Waals surface area contributed by atoms with Crippen LogP contribution < -0.4 is 16.0 Å². The summed E-state index contributed by atoms with van der Waals surface area (Å²) in [5, 5.41) is 17.3. The van der Waals surface area contributed by atoms with Crippen LogP contribution in [0.15, 0.2) is 35.0 Å². The number of thiophene rings is 1. The summed E-state index contributed by atoms with van der Waals surface area (Å²) < 4.78 is 1.74. The fourth-order valence-corrected chi connectivity index (χ4v) is 3.59. The van der Waals surface area contributed by atoms with Gasteiger partial charge in [0.2, 0.25) is 0 Å². The summed E-state index contributed by atoms with van der Waals surface area (Å²) in [7, 11) is 3.65. The third-order valence-electron chi connectivity index (χ3n) is 4.35. The Kier molecular flexibility index (Phi) is 7.98. The maximum Gasteiger partial charge on any atom is 0.191 e. The lowest BCUT2D eigenvalue weighted by molar-refractivity contribution is 0.519. The summed E-state index contributed by atoms with van der Waals surface area (Å²) in [6.07, 6.45) is 3.32. The van der Waals surface area contributed by atoms with E-state index in [4.69, 9.17) is 0 Å². The Balaban J connectivity index is 0.00000280. The summed E-state index contributed by atoms with van der Waals surface area (Å²) in [4.78, 5) is 14.2. The largest absolute Gasteiger partial charge is 0.368 e. The quantitative estimate of drug-likeness (QED) is 0.194. The van der Waals surface area contributed by atoms with Gasteiger partial charge in [0.15, 0.2) is 11.6 Å². The van der Waals surface area contributed by atoms with Crippen molar-refractivity contribution in [2.75, 3.05) is 32.0 Å². The Hall–Kier alpha value is -1.95. The van der Waals surface area contributed by atoms with Crippen molar-refractivity contribution in [3.63, 3.8) is 0 Å². The third-order valence-corrected chi connectivity index (χ3v) is 5.58. The van der Waals surface area contributed by atoms with Gasteiger partial charge in [-0.3, -0.25) is 9.67 Å². The van der Waals surface area contributed by atoms with Crippen molar-refractivity contribution in [2.45, 2.75) is 19.3 Å². The van der Waals surface area contributed by atoms with Crippen molar-refractivity contribution in [1.29, 1.82) is 0 Å². The SMILES string of the molecule is CN=C(NCCNc1ncnc2c1cnn2C)NCC(C)(C)c1cccs1.I. The van der Waals surface area contributed by atoms with Crippen molar-refractivity contribution in [3.8, 4) is 0 Å². The molecule has 0 saturated heterocycles. The lowest BCUT2D eigenvalue weighted by Crippen LogP contribution is -2.44. The number of hydrogen-bond acceptors (Lipinski definition) is 6. The van der Waals surface area contributed by atoms with Crippen molar-refractivity contribution in [2.24, 2.45) is 12.0 Å². The van der Waals surface area contributed by atoms with Gasteiger partial charge in [-0.2, -0.15) is 5.10 Å². The second-order valence-corrected chi connectivity index (χ2v) is 7.82. The molecule has 0 aliphatic heterocycles. The second kappa shape index (κ2) is 10.0. The first-order valence-electron chi connectivity index (χ1n) is 8.86. The van der Waals surface area contributed by atoms with E-state index in [9.17, 15) is 0 Å². The molecule has 0 fully saturated rings. The highest BCUT2D eigenvalue weighted by atomic mass is 127. The van der Waals surface area contributed by atoms with Crippen LogP contribution >= 0.6 is 35.3 Å². The lowest BCUT2D eigenvalue weighted by atomic mass is 9.91. The molecule has 10 heteroatoms. The molecule has 0 aliphatic rings. The van der Waals surface area contributed by atoms with Crippen molar-refractivity contribution >= 4 is 58.1 Å². The molecule has 0 unspecified atom stereocenters. The van der Waals surface area contributed by atoms with E-state index in [-0.39, 0.29) is 29.4 Å². The van der Waals surface area contributed by atoms with E-state index in [1.54, 1.807) is 35.6 Å². The predicted molar refractivity (Wildman–Crippen MR) is 127 cm³/mol. The molecule has 3 rings (SSSR count). The van der Waals surface area contributed by atoms with Gasteiger partial charge >= 0.3 is 0 Å². The molecule has 0 aromatic carbocycles. The number of nitrogens with one attached hydrogen (secondary N) is 3. The number of halogens is 1. The molecule has 0 bridgehead atoms. The van der Waals surface area contributed by atoms with Crippen molar-refractivity contribution in [3.05, 3.63) is 34.9 Å². The van der Waals surface area contributed by atoms with Crippen LogP contribution in [0.25, 0.3) is 11.0 Å². The first-order chi connectivity index (χ1) is 13.0. The van der Waals surface area contributed by atoms with Crippen LogP contribution in [0.4, 0.5) is 5.82 Å². The molecule has 3 aromatic rings. The van der Waals surface area contributed by atoms with E-state index in [1.807, 2.05) is 7.05 Å². The van der Waals surface area contributed by atoms with Gasteiger partial charge in [0.25, 0.3) is 0 Å². The Labute approximate surface area is 186 Å². The van der Waals surface area contributed by atoms with Crippen LogP contribution in [-0.4, -0.2) is 52.4 Å². The van der Waals surface area contributed by atoms with Crippen molar-refractivity contribution in [1.82, 2.24) is 30.4 Å². The molecule has 3 aromatic heterocycles. The number of hydrogen-bond donors (Lipinski definition) is 3. The van der Waals surface area contributed by atoms with E-state index < -0.39 is 0 Å². The molecule has 8 nitrogen and oxygen atoms in total. The maximum atomic E-state index is 4.31. The molecular weight excluding hydrogens is 487 g/mol. The normalized spacial score (nSPS) is 11.9. The number of guanidine groups is 1. The fourth-order valence-electron chi connectivity index (χ4n) is 2.74. The summed E-state index contributed by atoms with van der Waals surface area (Å²) in [5.41, 5.74) is 0.866. The summed E-state index contributed by atoms with van der Waals surface area (Å²) >= 11 is 1.78. The molecule has 0 amide bonds. The molecule has 0 spiro atoms. The van der Waals surface area contributed by atoms with E-state index in [0.29, 0.717) is 13.1 Å². The van der Waals surface area contributed by atoms with E-state index >= 15 is 0 Å². The Bertz CT molecular complexity index is 904. The van der Waals surface area contributed by atoms with Gasteiger partial charge in [-0.25, -0.2) is 9.97 Å². The molecule has 3 heterocycles. The first kappa shape index (κ1) is 22.3. The molecular formula is C18H27IN8S. The number of aryl methyl sites for hydroxylation is 1. The van der Waals surface area contributed by atoms with E-state index in [2.05, 4.69) is 67.4 Å². The van der Waals surface area contributed by atoms with E-state index in [1.165, 1.54) is 4.88 Å². The number of aliphatic imine (C=N–C) groups is 1. The molecule has 3 N–H and O–H groups in total. The molecule has 152 valence electrons. The minimum Gasteiger partial charge on any atom is -0.368 e. The molecule has 0 radical (unpaired) electrons. The summed E-state index contributed by atoms with van der Waals surface area (Å²) in [6.45, 7) is 6.69. The highest BCUT2D eigenvalue weighted by Gasteiger charge is 2.21. The average Bonchev–Trinajstić information content (AvgIpc) is 3.32. The second-order valence-electron chi connectivity index (χ2n) is 6.87. The standard InChI is InChI=1S/C18H26N8S.HI/c1-18(2,14-6-5-9-27-14)11-22-17(19-3)21-8-7-20-15-13-10-25-26(4)16(13)24-12-23-15;/h5-6,9-10,12H,7-8,11H2,1-4H3,(H2,19,21,22)(H,20,23,24);1H. The monoisotopic (exact) mass is 514 g/mol. The van der Waals surface area contributed by atoms with Crippen LogP contribution in [-0.2, 0) is 12.5 Å². The van der Waals surface area contributed by atoms with Gasteiger partial charge in [-0.15, -0.1) is 35.3 Å². The zero-order chi connectivity index (χ0) is 19.3. The van der Waals surface area contributed by atoms with Crippen LogP contribution in [0.1, 0.15) is 18.7 Å². The zero-order valence-electron chi connectivity index (χ0n) is 16.6. The Morgan fingerprint density at radius 1 is 1.25 bits per heavy atom. The summed E-state index contributed by atoms with van der Waals surface area (Å²) in [5.74, 6) is 1.58. The molecule has 28 heavy (non-hydrogen) atoms. The van der Waals surface area contributed by atoms with Gasteiger partial charge < -0.3 is 16.0 Å². The number of fused-ring (bicyclic) bond motifs is 1. The Morgan fingerprint density at radius 3 is 2.79 bits per heavy atom. The highest BCUT2D eigenvalue weighted by Crippen LogP contribution is 2.26. The van der Waals surface area contributed by atoms with Gasteiger partial charge in [0.1, 0.15) is 12.1 Å². The lowest BCUT2D eigenvalue weighted by Gasteiger charge is -2.25. The highest BCUT2D eigenvalue weighted by molar-refractivity contribution is 14.0. The van der Waals surface area contributed by atoms with Gasteiger partial charge in [0, 0.05) is 44.0 Å². The number of rotatable bonds is 7. The maximum absolute atomic E-state index is 4.31. The first-order valence-corrected chi connectivity index (χ1v) is 9.74. The van der Waals surface area contributed by atoms with Crippen LogP contribution in [0.3, 0.4) is 0 Å². The predicted octanol–water partition coefficient (Wildman–Crippen LogP) is 2.60.